The summed E-state index contributed by atoms with van der Waals surface area (Å²) >= 11 is 0. The summed E-state index contributed by atoms with van der Waals surface area (Å²) in [5, 5.41) is 3.18. The van der Waals surface area contributed by atoms with Gasteiger partial charge in [-0.1, -0.05) is 25.1 Å². The fourth-order valence-electron chi connectivity index (χ4n) is 1.19. The Bertz CT molecular complexity index is 233. The molecule has 1 N–H and O–H groups in total. The lowest BCUT2D eigenvalue weighted by molar-refractivity contribution is 1.09. The van der Waals surface area contributed by atoms with Crippen molar-refractivity contribution in [3.8, 4) is 0 Å². The highest BCUT2D eigenvalue weighted by molar-refractivity contribution is 5.57. The van der Waals surface area contributed by atoms with Gasteiger partial charge in [0.2, 0.25) is 0 Å². The molecule has 0 aliphatic carbocycles. The van der Waals surface area contributed by atoms with Gasteiger partial charge in [-0.15, -0.1) is 0 Å². The highest BCUT2D eigenvalue weighted by Gasteiger charge is 1.99. The first kappa shape index (κ1) is 9.11. The van der Waals surface area contributed by atoms with Crippen LogP contribution in [0, 0.1) is 20.4 Å². The Kier molecular flexibility index (Phi) is 3.15. The van der Waals surface area contributed by atoms with Crippen molar-refractivity contribution >= 4 is 5.69 Å². The highest BCUT2D eigenvalue weighted by atomic mass is 14.9. The lowest BCUT2D eigenvalue weighted by Crippen LogP contribution is -1.97. The Hall–Kier alpha value is -0.980. The molecule has 0 bridgehead atoms. The molecule has 0 unspecified atom stereocenters. The van der Waals surface area contributed by atoms with Crippen molar-refractivity contribution in [2.75, 3.05) is 5.32 Å². The fraction of sp³-hybridized carbons (Fsp3) is 0.364. The normalized spacial score (nSPS) is 9.92. The van der Waals surface area contributed by atoms with Gasteiger partial charge in [0, 0.05) is 5.69 Å². The maximum absolute atomic E-state index is 3.18. The van der Waals surface area contributed by atoms with Crippen LogP contribution in [0.3, 0.4) is 0 Å². The average molecular weight is 161 g/mol. The van der Waals surface area contributed by atoms with Gasteiger partial charge in [-0.2, -0.15) is 0 Å². The molecule has 0 saturated heterocycles. The second-order valence-electron chi connectivity index (χ2n) is 2.92. The molecule has 0 aromatic heterocycles. The highest BCUT2D eigenvalue weighted by Crippen LogP contribution is 2.19. The molecule has 12 heavy (non-hydrogen) atoms. The number of rotatable bonds is 3. The minimum atomic E-state index is 0.924. The van der Waals surface area contributed by atoms with Gasteiger partial charge >= 0.3 is 0 Å². The number of benzene rings is 1. The Balaban J connectivity index is 2.81. The smallest absolute Gasteiger partial charge is 0.0877 e. The van der Waals surface area contributed by atoms with Crippen molar-refractivity contribution in [2.24, 2.45) is 0 Å². The van der Waals surface area contributed by atoms with Crippen LogP contribution in [0.15, 0.2) is 18.2 Å². The van der Waals surface area contributed by atoms with E-state index in [4.69, 9.17) is 0 Å². The molecule has 0 heterocycles. The molecule has 1 heteroatoms. The Morgan fingerprint density at radius 2 is 1.83 bits per heavy atom. The second-order valence-corrected chi connectivity index (χ2v) is 2.92. The van der Waals surface area contributed by atoms with E-state index in [1.165, 1.54) is 16.8 Å². The van der Waals surface area contributed by atoms with Gasteiger partial charge in [-0.25, -0.2) is 0 Å². The molecule has 0 spiro atoms. The molecule has 0 aliphatic rings. The molecule has 0 amide bonds. The molecule has 64 valence electrons. The summed E-state index contributed by atoms with van der Waals surface area (Å²) < 4.78 is 0. The maximum atomic E-state index is 3.18. The Morgan fingerprint density at radius 3 is 2.33 bits per heavy atom. The van der Waals surface area contributed by atoms with E-state index < -0.39 is 0 Å². The molecular formula is C11H15N. The number of hydrogen-bond donors (Lipinski definition) is 1. The third-order valence-corrected chi connectivity index (χ3v) is 1.87. The largest absolute Gasteiger partial charge is 0.374 e. The van der Waals surface area contributed by atoms with Crippen molar-refractivity contribution in [3.63, 3.8) is 0 Å². The van der Waals surface area contributed by atoms with Gasteiger partial charge in [0.1, 0.15) is 0 Å². The summed E-state index contributed by atoms with van der Waals surface area (Å²) in [5.74, 6) is 0. The summed E-state index contributed by atoms with van der Waals surface area (Å²) in [7, 11) is 0. The van der Waals surface area contributed by atoms with Gasteiger partial charge in [0.15, 0.2) is 0 Å². The van der Waals surface area contributed by atoms with Crippen LogP contribution in [0.1, 0.15) is 24.5 Å². The third-order valence-electron chi connectivity index (χ3n) is 1.87. The fourth-order valence-corrected chi connectivity index (χ4v) is 1.19. The minimum Gasteiger partial charge on any atom is -0.374 e. The number of para-hydroxylation sites is 1. The van der Waals surface area contributed by atoms with Crippen LogP contribution in [0.4, 0.5) is 5.69 Å². The van der Waals surface area contributed by atoms with Gasteiger partial charge in [0.25, 0.3) is 0 Å². The summed E-state index contributed by atoms with van der Waals surface area (Å²) in [6.07, 6.45) is 0.924. The first-order chi connectivity index (χ1) is 5.75. The summed E-state index contributed by atoms with van der Waals surface area (Å²) in [5.41, 5.74) is 3.74. The van der Waals surface area contributed by atoms with Crippen molar-refractivity contribution < 1.29 is 0 Å². The molecule has 2 radical (unpaired) electrons. The van der Waals surface area contributed by atoms with Crippen LogP contribution in [-0.2, 0) is 0 Å². The van der Waals surface area contributed by atoms with Crippen LogP contribution in [0.5, 0.6) is 0 Å². The summed E-state index contributed by atoms with van der Waals surface area (Å²) in [6.45, 7) is 9.37. The number of hydrogen-bond acceptors (Lipinski definition) is 1. The predicted molar refractivity (Wildman–Crippen MR) is 53.1 cm³/mol. The average Bonchev–Trinajstić information content (AvgIpc) is 2.04. The van der Waals surface area contributed by atoms with Crippen LogP contribution >= 0.6 is 0 Å². The van der Waals surface area contributed by atoms with E-state index in [0.29, 0.717) is 0 Å². The van der Waals surface area contributed by atoms with E-state index in [9.17, 15) is 0 Å². The summed E-state index contributed by atoms with van der Waals surface area (Å²) in [6, 6.07) is 6.28. The van der Waals surface area contributed by atoms with Gasteiger partial charge < -0.3 is 5.32 Å². The Labute approximate surface area is 74.8 Å². The second kappa shape index (κ2) is 4.15. The number of anilines is 1. The zero-order chi connectivity index (χ0) is 8.97. The zero-order valence-electron chi connectivity index (χ0n) is 7.94. The van der Waals surface area contributed by atoms with E-state index in [-0.39, 0.29) is 0 Å². The zero-order valence-corrected chi connectivity index (χ0v) is 7.94. The van der Waals surface area contributed by atoms with Crippen LogP contribution < -0.4 is 5.32 Å². The van der Waals surface area contributed by atoms with Gasteiger partial charge in [-0.3, -0.25) is 0 Å². The standard InChI is InChI=1S/C11H15N/c1-4-8-12-11-9(2)6-5-7-10(11)3/h5-7,12H,4H2,1-3H3. The predicted octanol–water partition coefficient (Wildman–Crippen LogP) is 3.16. The first-order valence-electron chi connectivity index (χ1n) is 4.30. The maximum Gasteiger partial charge on any atom is 0.0877 e. The van der Waals surface area contributed by atoms with Crippen molar-refractivity contribution in [2.45, 2.75) is 27.2 Å². The molecule has 0 saturated carbocycles. The molecule has 1 rings (SSSR count). The van der Waals surface area contributed by atoms with Crippen LogP contribution in [0.25, 0.3) is 0 Å². The lowest BCUT2D eigenvalue weighted by Gasteiger charge is -2.10. The number of nitrogens with one attached hydrogen (secondary N) is 1. The number of aryl methyl sites for hydroxylation is 2. The lowest BCUT2D eigenvalue weighted by atomic mass is 10.1. The third kappa shape index (κ3) is 2.00. The van der Waals surface area contributed by atoms with E-state index >= 15 is 0 Å². The van der Waals surface area contributed by atoms with Crippen LogP contribution in [0.2, 0.25) is 0 Å². The van der Waals surface area contributed by atoms with Gasteiger partial charge in [0.05, 0.1) is 6.54 Å². The monoisotopic (exact) mass is 161 g/mol. The molecule has 0 aliphatic heterocycles. The van der Waals surface area contributed by atoms with E-state index in [1.54, 1.807) is 0 Å². The van der Waals surface area contributed by atoms with E-state index in [1.807, 2.05) is 0 Å². The quantitative estimate of drug-likeness (QED) is 0.671. The molecule has 1 aromatic rings. The van der Waals surface area contributed by atoms with Crippen LogP contribution in [-0.4, -0.2) is 0 Å². The molecule has 0 atom stereocenters. The SMILES string of the molecule is CC[C]Nc1c(C)cccc1C. The molecule has 1 nitrogen and oxygen atoms in total. The topological polar surface area (TPSA) is 12.0 Å². The first-order valence-corrected chi connectivity index (χ1v) is 4.30. The van der Waals surface area contributed by atoms with Crippen molar-refractivity contribution in [3.05, 3.63) is 35.9 Å². The van der Waals surface area contributed by atoms with E-state index in [2.05, 4.69) is 50.8 Å². The molecule has 1 aromatic carbocycles. The molecule has 0 fully saturated rings. The van der Waals surface area contributed by atoms with Crippen molar-refractivity contribution in [1.29, 1.82) is 0 Å². The van der Waals surface area contributed by atoms with E-state index in [0.717, 1.165) is 6.42 Å². The Morgan fingerprint density at radius 1 is 1.25 bits per heavy atom. The minimum absolute atomic E-state index is 0.924. The molecular weight excluding hydrogens is 146 g/mol. The van der Waals surface area contributed by atoms with Gasteiger partial charge in [-0.05, 0) is 31.4 Å². The summed E-state index contributed by atoms with van der Waals surface area (Å²) in [4.78, 5) is 0. The van der Waals surface area contributed by atoms with Crippen molar-refractivity contribution in [1.82, 2.24) is 0 Å².